The van der Waals surface area contributed by atoms with Gasteiger partial charge in [0.2, 0.25) is 0 Å². The highest BCUT2D eigenvalue weighted by molar-refractivity contribution is 5.52. The first-order chi connectivity index (χ1) is 9.13. The van der Waals surface area contributed by atoms with Crippen LogP contribution in [-0.2, 0) is 0 Å². The molecule has 2 unspecified atom stereocenters. The molecule has 3 nitrogen and oxygen atoms in total. The Morgan fingerprint density at radius 3 is 2.47 bits per heavy atom. The van der Waals surface area contributed by atoms with Crippen molar-refractivity contribution in [2.75, 3.05) is 18.9 Å². The zero-order chi connectivity index (χ0) is 13.5. The van der Waals surface area contributed by atoms with Gasteiger partial charge in [-0.3, -0.25) is 0 Å². The van der Waals surface area contributed by atoms with Crippen LogP contribution in [0.4, 0.5) is 5.69 Å². The van der Waals surface area contributed by atoms with E-state index in [0.717, 1.165) is 6.54 Å². The van der Waals surface area contributed by atoms with E-state index in [1.807, 2.05) is 0 Å². The molecular formula is C16H25N3. The van der Waals surface area contributed by atoms with E-state index >= 15 is 0 Å². The Balaban J connectivity index is 1.83. The van der Waals surface area contributed by atoms with E-state index in [1.165, 1.54) is 36.9 Å². The van der Waals surface area contributed by atoms with Crippen LogP contribution < -0.4 is 11.1 Å². The molecule has 0 aromatic heterocycles. The van der Waals surface area contributed by atoms with Crippen molar-refractivity contribution in [2.24, 2.45) is 5.73 Å². The molecule has 3 rings (SSSR count). The van der Waals surface area contributed by atoms with Gasteiger partial charge in [-0.15, -0.1) is 0 Å². The molecule has 104 valence electrons. The standard InChI is InChI=1S/C16H25N3/c1-12-5-3-4-6-15(12)18-16(11-17)9-13-7-8-14(10-16)19(13)2/h3-6,13-14,18H,7-11,17H2,1-2H3. The predicted molar refractivity (Wildman–Crippen MR) is 80.4 cm³/mol. The van der Waals surface area contributed by atoms with E-state index < -0.39 is 0 Å². The van der Waals surface area contributed by atoms with Crippen LogP contribution in [0.5, 0.6) is 0 Å². The van der Waals surface area contributed by atoms with E-state index in [2.05, 4.69) is 48.5 Å². The van der Waals surface area contributed by atoms with Gasteiger partial charge in [-0.05, 0) is 51.3 Å². The number of rotatable bonds is 3. The summed E-state index contributed by atoms with van der Waals surface area (Å²) in [7, 11) is 2.27. The number of aryl methyl sites for hydroxylation is 1. The second kappa shape index (κ2) is 4.80. The number of anilines is 1. The number of benzene rings is 1. The van der Waals surface area contributed by atoms with Crippen molar-refractivity contribution in [1.29, 1.82) is 0 Å². The van der Waals surface area contributed by atoms with Gasteiger partial charge in [0.05, 0.1) is 5.54 Å². The minimum absolute atomic E-state index is 0.0878. The first-order valence-electron chi connectivity index (χ1n) is 7.39. The molecule has 3 N–H and O–H groups in total. The van der Waals surface area contributed by atoms with Gasteiger partial charge in [-0.25, -0.2) is 0 Å². The monoisotopic (exact) mass is 259 g/mol. The van der Waals surface area contributed by atoms with Gasteiger partial charge in [0.1, 0.15) is 0 Å². The number of piperidine rings is 1. The number of fused-ring (bicyclic) bond motifs is 2. The average Bonchev–Trinajstić information content (AvgIpc) is 2.65. The van der Waals surface area contributed by atoms with Crippen LogP contribution in [0.1, 0.15) is 31.2 Å². The van der Waals surface area contributed by atoms with Crippen LogP contribution in [-0.4, -0.2) is 36.1 Å². The zero-order valence-corrected chi connectivity index (χ0v) is 12.0. The zero-order valence-electron chi connectivity index (χ0n) is 12.0. The quantitative estimate of drug-likeness (QED) is 0.875. The number of para-hydroxylation sites is 1. The Kier molecular flexibility index (Phi) is 3.27. The van der Waals surface area contributed by atoms with Crippen molar-refractivity contribution in [3.8, 4) is 0 Å². The van der Waals surface area contributed by atoms with E-state index in [-0.39, 0.29) is 5.54 Å². The summed E-state index contributed by atoms with van der Waals surface area (Å²) in [5.41, 5.74) is 8.79. The SMILES string of the molecule is Cc1ccccc1NC1(CN)CC2CCC(C1)N2C. The van der Waals surface area contributed by atoms with Crippen LogP contribution >= 0.6 is 0 Å². The molecule has 1 aromatic rings. The average molecular weight is 259 g/mol. The molecule has 0 amide bonds. The van der Waals surface area contributed by atoms with Crippen molar-refractivity contribution in [2.45, 2.75) is 50.2 Å². The van der Waals surface area contributed by atoms with Crippen LogP contribution in [0.2, 0.25) is 0 Å². The number of nitrogens with two attached hydrogens (primary N) is 1. The first kappa shape index (κ1) is 12.9. The van der Waals surface area contributed by atoms with Gasteiger partial charge in [0, 0.05) is 24.3 Å². The maximum absolute atomic E-state index is 6.15. The Bertz CT molecular complexity index is 443. The molecular weight excluding hydrogens is 234 g/mol. The molecule has 0 aliphatic carbocycles. The van der Waals surface area contributed by atoms with Gasteiger partial charge in [-0.2, -0.15) is 0 Å². The fourth-order valence-corrected chi connectivity index (χ4v) is 3.89. The van der Waals surface area contributed by atoms with Crippen molar-refractivity contribution in [3.05, 3.63) is 29.8 Å². The lowest BCUT2D eigenvalue weighted by Crippen LogP contribution is -2.57. The van der Waals surface area contributed by atoms with Crippen molar-refractivity contribution in [1.82, 2.24) is 4.90 Å². The highest BCUT2D eigenvalue weighted by atomic mass is 15.2. The number of hydrogen-bond donors (Lipinski definition) is 2. The summed E-state index contributed by atoms with van der Waals surface area (Å²) in [6.07, 6.45) is 5.01. The third kappa shape index (κ3) is 2.26. The summed E-state index contributed by atoms with van der Waals surface area (Å²) in [5.74, 6) is 0. The molecule has 0 radical (unpaired) electrons. The van der Waals surface area contributed by atoms with Crippen molar-refractivity contribution in [3.63, 3.8) is 0 Å². The Labute approximate surface area is 116 Å². The summed E-state index contributed by atoms with van der Waals surface area (Å²) in [5, 5.41) is 3.78. The lowest BCUT2D eigenvalue weighted by molar-refractivity contribution is 0.127. The number of nitrogens with one attached hydrogen (secondary N) is 1. The fourth-order valence-electron chi connectivity index (χ4n) is 3.89. The van der Waals surface area contributed by atoms with Gasteiger partial charge in [0.15, 0.2) is 0 Å². The maximum Gasteiger partial charge on any atom is 0.0525 e. The third-order valence-electron chi connectivity index (χ3n) is 5.17. The van der Waals surface area contributed by atoms with Crippen LogP contribution in [0.25, 0.3) is 0 Å². The second-order valence-corrected chi connectivity index (χ2v) is 6.38. The highest BCUT2D eigenvalue weighted by Gasteiger charge is 2.46. The molecule has 3 heteroatoms. The van der Waals surface area contributed by atoms with E-state index in [1.54, 1.807) is 0 Å². The van der Waals surface area contributed by atoms with Crippen LogP contribution in [0.15, 0.2) is 24.3 Å². The summed E-state index contributed by atoms with van der Waals surface area (Å²) in [4.78, 5) is 2.56. The summed E-state index contributed by atoms with van der Waals surface area (Å²) in [6, 6.07) is 9.94. The van der Waals surface area contributed by atoms with Crippen LogP contribution in [0, 0.1) is 6.92 Å². The summed E-state index contributed by atoms with van der Waals surface area (Å²) < 4.78 is 0. The topological polar surface area (TPSA) is 41.3 Å². The summed E-state index contributed by atoms with van der Waals surface area (Å²) in [6.45, 7) is 2.89. The molecule has 2 bridgehead atoms. The molecule has 2 heterocycles. The molecule has 2 fully saturated rings. The molecule has 1 aromatic carbocycles. The fraction of sp³-hybridized carbons (Fsp3) is 0.625. The van der Waals surface area contributed by atoms with Crippen molar-refractivity contribution >= 4 is 5.69 Å². The Morgan fingerprint density at radius 2 is 1.89 bits per heavy atom. The predicted octanol–water partition coefficient (Wildman–Crippen LogP) is 2.36. The van der Waals surface area contributed by atoms with Gasteiger partial charge in [-0.1, -0.05) is 18.2 Å². The van der Waals surface area contributed by atoms with Gasteiger partial charge in [0.25, 0.3) is 0 Å². The molecule has 2 saturated heterocycles. The first-order valence-corrected chi connectivity index (χ1v) is 7.39. The molecule has 2 aliphatic rings. The largest absolute Gasteiger partial charge is 0.378 e. The minimum atomic E-state index is 0.0878. The third-order valence-corrected chi connectivity index (χ3v) is 5.17. The number of hydrogen-bond acceptors (Lipinski definition) is 3. The molecule has 0 saturated carbocycles. The number of nitrogens with zero attached hydrogens (tertiary/aromatic N) is 1. The van der Waals surface area contributed by atoms with Gasteiger partial charge >= 0.3 is 0 Å². The molecule has 19 heavy (non-hydrogen) atoms. The lowest BCUT2D eigenvalue weighted by Gasteiger charge is -2.46. The Hall–Kier alpha value is -1.06. The second-order valence-electron chi connectivity index (χ2n) is 6.38. The minimum Gasteiger partial charge on any atom is -0.378 e. The lowest BCUT2D eigenvalue weighted by atomic mass is 9.82. The smallest absolute Gasteiger partial charge is 0.0525 e. The van der Waals surface area contributed by atoms with Gasteiger partial charge < -0.3 is 16.0 Å². The molecule has 2 atom stereocenters. The van der Waals surface area contributed by atoms with E-state index in [9.17, 15) is 0 Å². The van der Waals surface area contributed by atoms with E-state index in [4.69, 9.17) is 5.73 Å². The normalized spacial score (nSPS) is 34.5. The molecule has 0 spiro atoms. The summed E-state index contributed by atoms with van der Waals surface area (Å²) >= 11 is 0. The maximum atomic E-state index is 6.15. The highest BCUT2D eigenvalue weighted by Crippen LogP contribution is 2.41. The van der Waals surface area contributed by atoms with Crippen LogP contribution in [0.3, 0.4) is 0 Å². The molecule has 2 aliphatic heterocycles. The van der Waals surface area contributed by atoms with E-state index in [0.29, 0.717) is 12.1 Å². The van der Waals surface area contributed by atoms with Crippen molar-refractivity contribution < 1.29 is 0 Å². The Morgan fingerprint density at radius 1 is 1.26 bits per heavy atom.